The molecule has 0 aliphatic heterocycles. The van der Waals surface area contributed by atoms with Gasteiger partial charge < -0.3 is 5.32 Å². The van der Waals surface area contributed by atoms with Crippen molar-refractivity contribution in [1.29, 1.82) is 0 Å². The number of pyridine rings is 1. The van der Waals surface area contributed by atoms with Gasteiger partial charge >= 0.3 is 0 Å². The number of nitrogens with zero attached hydrogens (tertiary/aromatic N) is 1. The van der Waals surface area contributed by atoms with Crippen LogP contribution in [0.25, 0.3) is 0 Å². The van der Waals surface area contributed by atoms with E-state index >= 15 is 0 Å². The second-order valence-electron chi connectivity index (χ2n) is 4.55. The summed E-state index contributed by atoms with van der Waals surface area (Å²) in [6.45, 7) is 0.583. The molecule has 1 aromatic heterocycles. The van der Waals surface area contributed by atoms with Gasteiger partial charge in [0, 0.05) is 31.3 Å². The minimum absolute atomic E-state index is 0.00487. The molecule has 1 amide bonds. The molecule has 0 spiro atoms. The monoisotopic (exact) mass is 272 g/mol. The molecule has 1 heterocycles. The van der Waals surface area contributed by atoms with Gasteiger partial charge in [0.15, 0.2) is 0 Å². The quantitative estimate of drug-likeness (QED) is 0.878. The van der Waals surface area contributed by atoms with E-state index in [4.69, 9.17) is 0 Å². The van der Waals surface area contributed by atoms with E-state index < -0.39 is 0 Å². The normalized spacial score (nSPS) is 10.2. The Kier molecular flexibility index (Phi) is 5.24. The molecule has 20 heavy (non-hydrogen) atoms. The van der Waals surface area contributed by atoms with Crippen molar-refractivity contribution in [2.45, 2.75) is 19.3 Å². The van der Waals surface area contributed by atoms with Crippen LogP contribution in [0.5, 0.6) is 0 Å². The Hall–Kier alpha value is -2.23. The van der Waals surface area contributed by atoms with E-state index in [0.29, 0.717) is 19.4 Å². The van der Waals surface area contributed by atoms with Crippen LogP contribution >= 0.6 is 0 Å². The van der Waals surface area contributed by atoms with E-state index in [1.165, 1.54) is 12.1 Å². The summed E-state index contributed by atoms with van der Waals surface area (Å²) in [6.07, 6.45) is 3.50. The summed E-state index contributed by atoms with van der Waals surface area (Å²) >= 11 is 0. The third-order valence-electron chi connectivity index (χ3n) is 2.98. The average molecular weight is 272 g/mol. The molecule has 0 unspecified atom stereocenters. The fraction of sp³-hybridized carbons (Fsp3) is 0.250. The average Bonchev–Trinajstić information content (AvgIpc) is 2.48. The molecule has 0 aliphatic rings. The maximum Gasteiger partial charge on any atom is 0.220 e. The summed E-state index contributed by atoms with van der Waals surface area (Å²) in [4.78, 5) is 15.9. The number of hydrogen-bond donors (Lipinski definition) is 1. The number of carbonyl (C=O) groups excluding carboxylic acids is 1. The molecular formula is C16H17FN2O. The summed E-state index contributed by atoms with van der Waals surface area (Å²) in [5.74, 6) is -0.251. The van der Waals surface area contributed by atoms with Gasteiger partial charge in [-0.25, -0.2) is 4.39 Å². The standard InChI is InChI=1S/C16H17FN2O/c17-14-7-4-13(5-8-14)6-9-16(20)19-12-10-15-3-1-2-11-18-15/h1-5,7-8,11H,6,9-10,12H2,(H,19,20). The number of carbonyl (C=O) groups is 1. The number of nitrogens with one attached hydrogen (secondary N) is 1. The highest BCUT2D eigenvalue weighted by molar-refractivity contribution is 5.76. The molecule has 4 heteroatoms. The molecule has 0 saturated heterocycles. The smallest absolute Gasteiger partial charge is 0.220 e. The van der Waals surface area contributed by atoms with Crippen molar-refractivity contribution < 1.29 is 9.18 Å². The Morgan fingerprint density at radius 1 is 1.10 bits per heavy atom. The van der Waals surface area contributed by atoms with Crippen LogP contribution < -0.4 is 5.32 Å². The van der Waals surface area contributed by atoms with Gasteiger partial charge in [0.05, 0.1) is 0 Å². The van der Waals surface area contributed by atoms with Crippen LogP contribution in [0.4, 0.5) is 4.39 Å². The zero-order chi connectivity index (χ0) is 14.2. The largest absolute Gasteiger partial charge is 0.356 e. The van der Waals surface area contributed by atoms with E-state index in [1.54, 1.807) is 18.3 Å². The summed E-state index contributed by atoms with van der Waals surface area (Å²) < 4.78 is 12.7. The zero-order valence-electron chi connectivity index (χ0n) is 11.2. The molecule has 0 aliphatic carbocycles. The molecule has 0 bridgehead atoms. The summed E-state index contributed by atoms with van der Waals surface area (Å²) in [7, 11) is 0. The third-order valence-corrected chi connectivity index (χ3v) is 2.98. The molecule has 0 radical (unpaired) electrons. The lowest BCUT2D eigenvalue weighted by Gasteiger charge is -2.05. The van der Waals surface area contributed by atoms with Gasteiger partial charge in [-0.3, -0.25) is 9.78 Å². The minimum Gasteiger partial charge on any atom is -0.356 e. The lowest BCUT2D eigenvalue weighted by atomic mass is 10.1. The topological polar surface area (TPSA) is 42.0 Å². The number of aromatic nitrogens is 1. The van der Waals surface area contributed by atoms with Gasteiger partial charge in [-0.1, -0.05) is 18.2 Å². The zero-order valence-corrected chi connectivity index (χ0v) is 11.2. The Labute approximate surface area is 117 Å². The van der Waals surface area contributed by atoms with Crippen molar-refractivity contribution in [3.63, 3.8) is 0 Å². The van der Waals surface area contributed by atoms with E-state index in [1.807, 2.05) is 18.2 Å². The minimum atomic E-state index is -0.256. The van der Waals surface area contributed by atoms with Gasteiger partial charge in [-0.05, 0) is 36.2 Å². The van der Waals surface area contributed by atoms with Crippen LogP contribution in [-0.2, 0) is 17.6 Å². The maximum atomic E-state index is 12.7. The number of halogens is 1. The summed E-state index contributed by atoms with van der Waals surface area (Å²) in [5.41, 5.74) is 1.93. The Bertz CT molecular complexity index is 540. The van der Waals surface area contributed by atoms with Crippen LogP contribution in [0, 0.1) is 5.82 Å². The van der Waals surface area contributed by atoms with E-state index in [9.17, 15) is 9.18 Å². The SMILES string of the molecule is O=C(CCc1ccc(F)cc1)NCCc1ccccn1. The highest BCUT2D eigenvalue weighted by atomic mass is 19.1. The predicted octanol–water partition coefficient (Wildman–Crippen LogP) is 2.51. The molecule has 104 valence electrons. The van der Waals surface area contributed by atoms with E-state index in [2.05, 4.69) is 10.3 Å². The molecule has 2 rings (SSSR count). The maximum absolute atomic E-state index is 12.7. The summed E-state index contributed by atoms with van der Waals surface area (Å²) in [5, 5.41) is 2.86. The lowest BCUT2D eigenvalue weighted by molar-refractivity contribution is -0.121. The van der Waals surface area contributed by atoms with Crippen molar-refractivity contribution in [2.75, 3.05) is 6.54 Å². The van der Waals surface area contributed by atoms with Crippen molar-refractivity contribution in [3.8, 4) is 0 Å². The Morgan fingerprint density at radius 3 is 2.60 bits per heavy atom. The van der Waals surface area contributed by atoms with Gasteiger partial charge in [0.2, 0.25) is 5.91 Å². The highest BCUT2D eigenvalue weighted by Gasteiger charge is 2.02. The first-order valence-electron chi connectivity index (χ1n) is 6.65. The first-order valence-corrected chi connectivity index (χ1v) is 6.65. The first-order chi connectivity index (χ1) is 9.74. The Balaban J connectivity index is 1.67. The molecular weight excluding hydrogens is 255 g/mol. The van der Waals surface area contributed by atoms with E-state index in [0.717, 1.165) is 17.7 Å². The van der Waals surface area contributed by atoms with Crippen molar-refractivity contribution in [1.82, 2.24) is 10.3 Å². The highest BCUT2D eigenvalue weighted by Crippen LogP contribution is 2.05. The van der Waals surface area contributed by atoms with Crippen LogP contribution in [0.2, 0.25) is 0 Å². The molecule has 0 fully saturated rings. The third kappa shape index (κ3) is 4.80. The van der Waals surface area contributed by atoms with Crippen LogP contribution in [0.15, 0.2) is 48.7 Å². The second-order valence-corrected chi connectivity index (χ2v) is 4.55. The number of aryl methyl sites for hydroxylation is 1. The number of rotatable bonds is 6. The van der Waals surface area contributed by atoms with Gasteiger partial charge in [0.1, 0.15) is 5.82 Å². The fourth-order valence-electron chi connectivity index (χ4n) is 1.87. The predicted molar refractivity (Wildman–Crippen MR) is 75.7 cm³/mol. The van der Waals surface area contributed by atoms with Crippen molar-refractivity contribution >= 4 is 5.91 Å². The second kappa shape index (κ2) is 7.38. The van der Waals surface area contributed by atoms with Crippen LogP contribution in [0.3, 0.4) is 0 Å². The molecule has 0 atom stereocenters. The number of benzene rings is 1. The molecule has 1 aromatic carbocycles. The van der Waals surface area contributed by atoms with Crippen molar-refractivity contribution in [3.05, 3.63) is 65.7 Å². The van der Waals surface area contributed by atoms with Gasteiger partial charge in [0.25, 0.3) is 0 Å². The first kappa shape index (κ1) is 14.2. The fourth-order valence-corrected chi connectivity index (χ4v) is 1.87. The molecule has 3 nitrogen and oxygen atoms in total. The van der Waals surface area contributed by atoms with Gasteiger partial charge in [-0.15, -0.1) is 0 Å². The molecule has 1 N–H and O–H groups in total. The van der Waals surface area contributed by atoms with E-state index in [-0.39, 0.29) is 11.7 Å². The number of hydrogen-bond acceptors (Lipinski definition) is 2. The van der Waals surface area contributed by atoms with Crippen LogP contribution in [-0.4, -0.2) is 17.4 Å². The van der Waals surface area contributed by atoms with Crippen LogP contribution in [0.1, 0.15) is 17.7 Å². The Morgan fingerprint density at radius 2 is 1.90 bits per heavy atom. The van der Waals surface area contributed by atoms with Crippen molar-refractivity contribution in [2.24, 2.45) is 0 Å². The number of amides is 1. The summed E-state index contributed by atoms with van der Waals surface area (Å²) in [6, 6.07) is 12.0. The molecule has 2 aromatic rings. The molecule has 0 saturated carbocycles. The lowest BCUT2D eigenvalue weighted by Crippen LogP contribution is -2.26. The van der Waals surface area contributed by atoms with Gasteiger partial charge in [-0.2, -0.15) is 0 Å².